The maximum absolute atomic E-state index is 12.0. The number of methoxy groups -OCH3 is 1. The number of hydrogen-bond donors (Lipinski definition) is 3. The van der Waals surface area contributed by atoms with E-state index in [4.69, 9.17) is 4.74 Å². The van der Waals surface area contributed by atoms with Gasteiger partial charge < -0.3 is 15.2 Å². The SMILES string of the molecule is COc1cc(C=NNC(=O)c2ccc(NC(C)=O)cc2)cc(I)c1O. The number of carbonyl (C=O) groups excluding carboxylic acids is 2. The molecule has 130 valence electrons. The number of rotatable bonds is 5. The Morgan fingerprint density at radius 2 is 1.92 bits per heavy atom. The molecule has 2 aromatic rings. The predicted octanol–water partition coefficient (Wildman–Crippen LogP) is 2.73. The number of benzene rings is 2. The van der Waals surface area contributed by atoms with Gasteiger partial charge in [0.15, 0.2) is 11.5 Å². The molecule has 2 aromatic carbocycles. The second kappa shape index (κ2) is 8.47. The highest BCUT2D eigenvalue weighted by Gasteiger charge is 2.08. The van der Waals surface area contributed by atoms with Crippen LogP contribution in [-0.4, -0.2) is 30.2 Å². The van der Waals surface area contributed by atoms with Crippen LogP contribution in [0.5, 0.6) is 11.5 Å². The average molecular weight is 453 g/mol. The van der Waals surface area contributed by atoms with Crippen LogP contribution in [0, 0.1) is 3.57 Å². The number of halogens is 1. The molecule has 0 fully saturated rings. The van der Waals surface area contributed by atoms with E-state index in [1.165, 1.54) is 20.2 Å². The van der Waals surface area contributed by atoms with Crippen LogP contribution in [0.4, 0.5) is 5.69 Å². The van der Waals surface area contributed by atoms with Crippen LogP contribution < -0.4 is 15.5 Å². The molecular weight excluding hydrogens is 437 g/mol. The van der Waals surface area contributed by atoms with E-state index in [2.05, 4.69) is 15.8 Å². The molecular formula is C17H16IN3O4. The Balaban J connectivity index is 2.03. The molecule has 0 spiro atoms. The third kappa shape index (κ3) is 5.18. The minimum atomic E-state index is -0.383. The zero-order valence-corrected chi connectivity index (χ0v) is 15.7. The summed E-state index contributed by atoms with van der Waals surface area (Å²) in [6.45, 7) is 1.41. The highest BCUT2D eigenvalue weighted by molar-refractivity contribution is 14.1. The first-order valence-electron chi connectivity index (χ1n) is 7.18. The molecule has 2 amide bonds. The van der Waals surface area contributed by atoms with Crippen molar-refractivity contribution in [1.82, 2.24) is 5.43 Å². The number of hydrazone groups is 1. The fourth-order valence-electron chi connectivity index (χ4n) is 1.96. The van der Waals surface area contributed by atoms with Crippen molar-refractivity contribution in [3.05, 3.63) is 51.1 Å². The van der Waals surface area contributed by atoms with E-state index in [1.807, 2.05) is 22.6 Å². The van der Waals surface area contributed by atoms with Crippen LogP contribution in [0.3, 0.4) is 0 Å². The molecule has 0 aromatic heterocycles. The summed E-state index contributed by atoms with van der Waals surface area (Å²) in [6, 6.07) is 9.75. The Morgan fingerprint density at radius 1 is 1.24 bits per heavy atom. The van der Waals surface area contributed by atoms with Crippen molar-refractivity contribution in [2.24, 2.45) is 5.10 Å². The molecule has 25 heavy (non-hydrogen) atoms. The number of phenols is 1. The first-order valence-corrected chi connectivity index (χ1v) is 8.26. The van der Waals surface area contributed by atoms with Gasteiger partial charge in [-0.25, -0.2) is 5.43 Å². The molecule has 0 saturated heterocycles. The van der Waals surface area contributed by atoms with Gasteiger partial charge in [0.05, 0.1) is 16.9 Å². The first-order chi connectivity index (χ1) is 11.9. The number of carbonyl (C=O) groups is 2. The molecule has 7 nitrogen and oxygen atoms in total. The van der Waals surface area contributed by atoms with Crippen LogP contribution in [-0.2, 0) is 4.79 Å². The van der Waals surface area contributed by atoms with Crippen molar-refractivity contribution in [2.45, 2.75) is 6.92 Å². The molecule has 3 N–H and O–H groups in total. The van der Waals surface area contributed by atoms with E-state index in [0.717, 1.165) is 0 Å². The normalized spacial score (nSPS) is 10.5. The molecule has 0 aliphatic carbocycles. The van der Waals surface area contributed by atoms with Crippen molar-refractivity contribution in [3.63, 3.8) is 0 Å². The number of amides is 2. The number of nitrogens with one attached hydrogen (secondary N) is 2. The number of ether oxygens (including phenoxy) is 1. The minimum absolute atomic E-state index is 0.0588. The van der Waals surface area contributed by atoms with Crippen molar-refractivity contribution >= 4 is 46.3 Å². The lowest BCUT2D eigenvalue weighted by Crippen LogP contribution is -2.17. The third-order valence-electron chi connectivity index (χ3n) is 3.12. The minimum Gasteiger partial charge on any atom is -0.504 e. The summed E-state index contributed by atoms with van der Waals surface area (Å²) in [5.74, 6) is -0.177. The zero-order chi connectivity index (χ0) is 18.4. The fourth-order valence-corrected chi connectivity index (χ4v) is 2.59. The molecule has 0 atom stereocenters. The number of anilines is 1. The highest BCUT2D eigenvalue weighted by Crippen LogP contribution is 2.31. The van der Waals surface area contributed by atoms with Gasteiger partial charge in [0.2, 0.25) is 5.91 Å². The van der Waals surface area contributed by atoms with Crippen LogP contribution in [0.25, 0.3) is 0 Å². The van der Waals surface area contributed by atoms with Crippen LogP contribution in [0.15, 0.2) is 41.5 Å². The van der Waals surface area contributed by atoms with Crippen LogP contribution in [0.2, 0.25) is 0 Å². The molecule has 0 radical (unpaired) electrons. The van der Waals surface area contributed by atoms with Gasteiger partial charge in [0.25, 0.3) is 5.91 Å². The lowest BCUT2D eigenvalue weighted by molar-refractivity contribution is -0.114. The van der Waals surface area contributed by atoms with Gasteiger partial charge in [-0.3, -0.25) is 9.59 Å². The molecule has 0 bridgehead atoms. The van der Waals surface area contributed by atoms with E-state index in [-0.39, 0.29) is 17.6 Å². The number of nitrogens with zero attached hydrogens (tertiary/aromatic N) is 1. The van der Waals surface area contributed by atoms with E-state index in [9.17, 15) is 14.7 Å². The number of aromatic hydroxyl groups is 1. The Hall–Kier alpha value is -2.62. The lowest BCUT2D eigenvalue weighted by Gasteiger charge is -2.06. The molecule has 0 heterocycles. The summed E-state index contributed by atoms with van der Waals surface area (Å²) in [5.41, 5.74) is 4.10. The van der Waals surface area contributed by atoms with E-state index in [1.54, 1.807) is 36.4 Å². The van der Waals surface area contributed by atoms with Crippen LogP contribution >= 0.6 is 22.6 Å². The van der Waals surface area contributed by atoms with Crippen molar-refractivity contribution in [1.29, 1.82) is 0 Å². The molecule has 0 aliphatic heterocycles. The highest BCUT2D eigenvalue weighted by atomic mass is 127. The Labute approximate surface area is 158 Å². The molecule has 0 saturated carbocycles. The Kier molecular flexibility index (Phi) is 6.34. The second-order valence-electron chi connectivity index (χ2n) is 5.01. The third-order valence-corrected chi connectivity index (χ3v) is 3.94. The Bertz CT molecular complexity index is 819. The predicted molar refractivity (Wildman–Crippen MR) is 103 cm³/mol. The van der Waals surface area contributed by atoms with Gasteiger partial charge in [-0.1, -0.05) is 0 Å². The van der Waals surface area contributed by atoms with Gasteiger partial charge in [0.1, 0.15) is 0 Å². The number of hydrogen-bond acceptors (Lipinski definition) is 5. The molecule has 2 rings (SSSR count). The summed E-state index contributed by atoms with van der Waals surface area (Å²) in [5, 5.41) is 16.3. The summed E-state index contributed by atoms with van der Waals surface area (Å²) in [7, 11) is 1.46. The van der Waals surface area contributed by atoms with Gasteiger partial charge in [-0.15, -0.1) is 0 Å². The maximum Gasteiger partial charge on any atom is 0.271 e. The van der Waals surface area contributed by atoms with Gasteiger partial charge in [0, 0.05) is 18.2 Å². The largest absolute Gasteiger partial charge is 0.504 e. The Morgan fingerprint density at radius 3 is 2.52 bits per heavy atom. The summed E-state index contributed by atoms with van der Waals surface area (Å²) in [4.78, 5) is 23.0. The van der Waals surface area contributed by atoms with E-state index < -0.39 is 0 Å². The summed E-state index contributed by atoms with van der Waals surface area (Å²) >= 11 is 1.98. The molecule has 0 aliphatic rings. The standard InChI is InChI=1S/C17H16IN3O4/c1-10(22)20-13-5-3-12(4-6-13)17(24)21-19-9-11-7-14(18)16(23)15(8-11)25-2/h3-9,23H,1-2H3,(H,20,22)(H,21,24). The quantitative estimate of drug-likeness (QED) is 0.368. The average Bonchev–Trinajstić information content (AvgIpc) is 2.57. The monoisotopic (exact) mass is 453 g/mol. The second-order valence-corrected chi connectivity index (χ2v) is 6.17. The van der Waals surface area contributed by atoms with E-state index in [0.29, 0.717) is 26.1 Å². The zero-order valence-electron chi connectivity index (χ0n) is 13.5. The fraction of sp³-hybridized carbons (Fsp3) is 0.118. The number of phenolic OH excluding ortho intramolecular Hbond substituents is 1. The summed E-state index contributed by atoms with van der Waals surface area (Å²) < 4.78 is 5.68. The summed E-state index contributed by atoms with van der Waals surface area (Å²) in [6.07, 6.45) is 1.45. The molecule has 0 unspecified atom stereocenters. The van der Waals surface area contributed by atoms with Crippen molar-refractivity contribution in [3.8, 4) is 11.5 Å². The van der Waals surface area contributed by atoms with Gasteiger partial charge in [-0.05, 0) is 64.6 Å². The molecule has 8 heteroatoms. The first kappa shape index (κ1) is 18.7. The van der Waals surface area contributed by atoms with Crippen LogP contribution in [0.1, 0.15) is 22.8 Å². The topological polar surface area (TPSA) is 100 Å². The smallest absolute Gasteiger partial charge is 0.271 e. The maximum atomic E-state index is 12.0. The lowest BCUT2D eigenvalue weighted by atomic mass is 10.2. The van der Waals surface area contributed by atoms with Gasteiger partial charge in [-0.2, -0.15) is 5.10 Å². The van der Waals surface area contributed by atoms with Crippen molar-refractivity contribution in [2.75, 3.05) is 12.4 Å². The van der Waals surface area contributed by atoms with Crippen molar-refractivity contribution < 1.29 is 19.4 Å². The van der Waals surface area contributed by atoms with Gasteiger partial charge >= 0.3 is 0 Å². The van der Waals surface area contributed by atoms with E-state index >= 15 is 0 Å².